The predicted octanol–water partition coefficient (Wildman–Crippen LogP) is 2.38. The average Bonchev–Trinajstić information content (AvgIpc) is 2.48. The van der Waals surface area contributed by atoms with Gasteiger partial charge in [0.1, 0.15) is 0 Å². The second kappa shape index (κ2) is 7.40. The summed E-state index contributed by atoms with van der Waals surface area (Å²) in [7, 11) is 0. The number of hydrogen-bond donors (Lipinski definition) is 2. The number of nitrogens with two attached hydrogens (primary N) is 1. The van der Waals surface area contributed by atoms with Gasteiger partial charge in [0.2, 0.25) is 0 Å². The maximum atomic E-state index is 8.84. The molecule has 19 heavy (non-hydrogen) atoms. The van der Waals surface area contributed by atoms with Crippen molar-refractivity contribution in [1.29, 1.82) is 0 Å². The zero-order chi connectivity index (χ0) is 13.5. The third-order valence-electron chi connectivity index (χ3n) is 3.46. The molecule has 1 aromatic rings. The Morgan fingerprint density at radius 3 is 2.89 bits per heavy atom. The topological polar surface area (TPSA) is 61.9 Å². The van der Waals surface area contributed by atoms with Crippen LogP contribution in [0.4, 0.5) is 0 Å². The Labute approximate surface area is 118 Å². The quantitative estimate of drug-likeness (QED) is 0.286. The molecule has 0 bridgehead atoms. The minimum Gasteiger partial charge on any atom is -0.409 e. The van der Waals surface area contributed by atoms with Gasteiger partial charge in [0.25, 0.3) is 0 Å². The molecule has 0 radical (unpaired) electrons. The second-order valence-electron chi connectivity index (χ2n) is 4.73. The first-order valence-corrected chi connectivity index (χ1v) is 7.69. The second-order valence-corrected chi connectivity index (χ2v) is 5.90. The molecule has 0 saturated carbocycles. The van der Waals surface area contributed by atoms with Crippen molar-refractivity contribution in [2.75, 3.05) is 18.8 Å². The van der Waals surface area contributed by atoms with E-state index in [1.807, 2.05) is 17.8 Å². The SMILES string of the molecule is NC(=NO)C1CCCCN1CCSc1ccccc1. The summed E-state index contributed by atoms with van der Waals surface area (Å²) in [5.74, 6) is 1.38. The van der Waals surface area contributed by atoms with Crippen LogP contribution in [0.3, 0.4) is 0 Å². The summed E-state index contributed by atoms with van der Waals surface area (Å²) in [5.41, 5.74) is 5.77. The molecule has 1 saturated heterocycles. The number of likely N-dealkylation sites (tertiary alicyclic amines) is 1. The van der Waals surface area contributed by atoms with E-state index in [9.17, 15) is 0 Å². The number of rotatable bonds is 5. The Hall–Kier alpha value is -1.20. The van der Waals surface area contributed by atoms with Crippen molar-refractivity contribution in [3.8, 4) is 0 Å². The highest BCUT2D eigenvalue weighted by molar-refractivity contribution is 7.99. The Balaban J connectivity index is 1.83. The van der Waals surface area contributed by atoms with Crippen molar-refractivity contribution in [3.05, 3.63) is 30.3 Å². The number of benzene rings is 1. The van der Waals surface area contributed by atoms with E-state index in [1.54, 1.807) is 0 Å². The lowest BCUT2D eigenvalue weighted by atomic mass is 10.0. The molecule has 1 aromatic carbocycles. The van der Waals surface area contributed by atoms with E-state index >= 15 is 0 Å². The summed E-state index contributed by atoms with van der Waals surface area (Å²) in [5, 5.41) is 12.0. The van der Waals surface area contributed by atoms with Crippen molar-refractivity contribution in [3.63, 3.8) is 0 Å². The normalized spacial score (nSPS) is 21.5. The zero-order valence-electron chi connectivity index (χ0n) is 11.0. The van der Waals surface area contributed by atoms with Crippen LogP contribution in [-0.4, -0.2) is 40.8 Å². The monoisotopic (exact) mass is 279 g/mol. The zero-order valence-corrected chi connectivity index (χ0v) is 11.9. The molecule has 0 aliphatic carbocycles. The van der Waals surface area contributed by atoms with Gasteiger partial charge in [-0.15, -0.1) is 11.8 Å². The van der Waals surface area contributed by atoms with Crippen LogP contribution < -0.4 is 5.73 Å². The summed E-state index contributed by atoms with van der Waals surface area (Å²) in [6, 6.07) is 10.5. The fourth-order valence-corrected chi connectivity index (χ4v) is 3.37. The molecular weight excluding hydrogens is 258 g/mol. The molecule has 1 atom stereocenters. The molecular formula is C14H21N3OS. The van der Waals surface area contributed by atoms with Crippen LogP contribution in [0.1, 0.15) is 19.3 Å². The van der Waals surface area contributed by atoms with E-state index in [1.165, 1.54) is 11.3 Å². The van der Waals surface area contributed by atoms with Gasteiger partial charge in [0.05, 0.1) is 6.04 Å². The van der Waals surface area contributed by atoms with Gasteiger partial charge in [-0.25, -0.2) is 0 Å². The molecule has 3 N–H and O–H groups in total. The lowest BCUT2D eigenvalue weighted by Crippen LogP contribution is -2.48. The third-order valence-corrected chi connectivity index (χ3v) is 4.45. The van der Waals surface area contributed by atoms with Gasteiger partial charge >= 0.3 is 0 Å². The van der Waals surface area contributed by atoms with Crippen molar-refractivity contribution in [2.24, 2.45) is 10.9 Å². The van der Waals surface area contributed by atoms with Crippen LogP contribution in [0.15, 0.2) is 40.4 Å². The molecule has 1 aliphatic heterocycles. The third kappa shape index (κ3) is 4.14. The van der Waals surface area contributed by atoms with Crippen LogP contribution in [0.5, 0.6) is 0 Å². The Bertz CT molecular complexity index is 410. The molecule has 0 spiro atoms. The lowest BCUT2D eigenvalue weighted by molar-refractivity contribution is 0.197. The van der Waals surface area contributed by atoms with E-state index in [0.29, 0.717) is 5.84 Å². The minimum absolute atomic E-state index is 0.107. The summed E-state index contributed by atoms with van der Waals surface area (Å²) >= 11 is 1.85. The highest BCUT2D eigenvalue weighted by Crippen LogP contribution is 2.21. The number of thioether (sulfide) groups is 1. The Kier molecular flexibility index (Phi) is 5.54. The number of hydrogen-bond acceptors (Lipinski definition) is 4. The summed E-state index contributed by atoms with van der Waals surface area (Å²) < 4.78 is 0. The first kappa shape index (κ1) is 14.2. The van der Waals surface area contributed by atoms with Gasteiger partial charge in [-0.3, -0.25) is 4.90 Å². The van der Waals surface area contributed by atoms with Crippen LogP contribution in [-0.2, 0) is 0 Å². The summed E-state index contributed by atoms with van der Waals surface area (Å²) in [6.45, 7) is 2.01. The highest BCUT2D eigenvalue weighted by atomic mass is 32.2. The van der Waals surface area contributed by atoms with E-state index in [2.05, 4.69) is 34.3 Å². The molecule has 5 heteroatoms. The van der Waals surface area contributed by atoms with Gasteiger partial charge in [0.15, 0.2) is 5.84 Å². The number of amidine groups is 1. The van der Waals surface area contributed by atoms with Crippen molar-refractivity contribution >= 4 is 17.6 Å². The van der Waals surface area contributed by atoms with Crippen molar-refractivity contribution in [2.45, 2.75) is 30.2 Å². The van der Waals surface area contributed by atoms with Crippen LogP contribution in [0, 0.1) is 0 Å². The smallest absolute Gasteiger partial charge is 0.156 e. The standard InChI is InChI=1S/C14H21N3OS/c15-14(16-18)13-8-4-5-9-17(13)10-11-19-12-6-2-1-3-7-12/h1-3,6-7,13,18H,4-5,8-11H2,(H2,15,16). The maximum Gasteiger partial charge on any atom is 0.156 e. The van der Waals surface area contributed by atoms with Gasteiger partial charge < -0.3 is 10.9 Å². The fourth-order valence-electron chi connectivity index (χ4n) is 2.46. The first-order chi connectivity index (χ1) is 9.31. The van der Waals surface area contributed by atoms with Gasteiger partial charge in [-0.05, 0) is 31.5 Å². The van der Waals surface area contributed by atoms with Crippen LogP contribution in [0.25, 0.3) is 0 Å². The van der Waals surface area contributed by atoms with Crippen LogP contribution in [0.2, 0.25) is 0 Å². The number of nitrogens with zero attached hydrogens (tertiary/aromatic N) is 2. The van der Waals surface area contributed by atoms with Crippen LogP contribution >= 0.6 is 11.8 Å². The van der Waals surface area contributed by atoms with Gasteiger partial charge in [0, 0.05) is 17.2 Å². The van der Waals surface area contributed by atoms with Gasteiger partial charge in [-0.1, -0.05) is 29.8 Å². The minimum atomic E-state index is 0.107. The molecule has 0 amide bonds. The van der Waals surface area contributed by atoms with E-state index < -0.39 is 0 Å². The predicted molar refractivity (Wildman–Crippen MR) is 79.8 cm³/mol. The van der Waals surface area contributed by atoms with Crippen molar-refractivity contribution in [1.82, 2.24) is 4.90 Å². The first-order valence-electron chi connectivity index (χ1n) is 6.70. The summed E-state index contributed by atoms with van der Waals surface area (Å²) in [4.78, 5) is 3.62. The molecule has 1 aliphatic rings. The summed E-state index contributed by atoms with van der Waals surface area (Å²) in [6.07, 6.45) is 3.35. The molecule has 1 heterocycles. The molecule has 2 rings (SSSR count). The van der Waals surface area contributed by atoms with E-state index in [4.69, 9.17) is 10.9 Å². The molecule has 104 valence electrons. The van der Waals surface area contributed by atoms with Gasteiger partial charge in [-0.2, -0.15) is 0 Å². The van der Waals surface area contributed by atoms with E-state index in [-0.39, 0.29) is 6.04 Å². The fraction of sp³-hybridized carbons (Fsp3) is 0.500. The lowest BCUT2D eigenvalue weighted by Gasteiger charge is -2.34. The molecule has 1 unspecified atom stereocenters. The molecule has 1 fully saturated rings. The maximum absolute atomic E-state index is 8.84. The largest absolute Gasteiger partial charge is 0.409 e. The highest BCUT2D eigenvalue weighted by Gasteiger charge is 2.25. The Morgan fingerprint density at radius 2 is 2.16 bits per heavy atom. The van der Waals surface area contributed by atoms with Crippen molar-refractivity contribution < 1.29 is 5.21 Å². The number of piperidine rings is 1. The number of oxime groups is 1. The molecule has 4 nitrogen and oxygen atoms in total. The van der Waals surface area contributed by atoms with E-state index in [0.717, 1.165) is 31.7 Å². The molecule has 0 aromatic heterocycles. The Morgan fingerprint density at radius 1 is 1.37 bits per heavy atom. The average molecular weight is 279 g/mol.